The molecule has 1 aliphatic heterocycles. The van der Waals surface area contributed by atoms with Crippen LogP contribution in [0.1, 0.15) is 27.8 Å². The van der Waals surface area contributed by atoms with Crippen molar-refractivity contribution in [2.24, 2.45) is 0 Å². The highest BCUT2D eigenvalue weighted by atomic mass is 32.2. The molecule has 0 spiro atoms. The number of thiophene rings is 1. The maximum Gasteiger partial charge on any atom is 0.224 e. The van der Waals surface area contributed by atoms with Crippen LogP contribution in [0.3, 0.4) is 0 Å². The molecule has 1 amide bonds. The molecular formula is C20H25NO4S2. The van der Waals surface area contributed by atoms with E-state index in [4.69, 9.17) is 14.2 Å². The fraction of sp³-hybridized carbons (Fsp3) is 0.450. The van der Waals surface area contributed by atoms with Gasteiger partial charge in [0, 0.05) is 35.2 Å². The zero-order chi connectivity index (χ0) is 19.4. The van der Waals surface area contributed by atoms with Crippen LogP contribution in [0, 0.1) is 6.92 Å². The van der Waals surface area contributed by atoms with Crippen LogP contribution >= 0.6 is 23.1 Å². The van der Waals surface area contributed by atoms with Gasteiger partial charge in [-0.25, -0.2) is 0 Å². The summed E-state index contributed by atoms with van der Waals surface area (Å²) < 4.78 is 16.4. The van der Waals surface area contributed by atoms with Gasteiger partial charge in [0.15, 0.2) is 11.5 Å². The van der Waals surface area contributed by atoms with Crippen molar-refractivity contribution in [3.8, 4) is 17.2 Å². The molecule has 0 bridgehead atoms. The van der Waals surface area contributed by atoms with Crippen molar-refractivity contribution in [1.29, 1.82) is 0 Å². The second-order valence-electron chi connectivity index (χ2n) is 6.29. The molecule has 1 fully saturated rings. The van der Waals surface area contributed by atoms with Gasteiger partial charge in [0.25, 0.3) is 0 Å². The van der Waals surface area contributed by atoms with Crippen LogP contribution in [0.4, 0.5) is 0 Å². The summed E-state index contributed by atoms with van der Waals surface area (Å²) in [5, 5.41) is 2.01. The number of aryl methyl sites for hydroxylation is 2. The summed E-state index contributed by atoms with van der Waals surface area (Å²) in [6.07, 6.45) is 1.31. The molecule has 0 saturated carbocycles. The van der Waals surface area contributed by atoms with Crippen molar-refractivity contribution in [2.45, 2.75) is 25.1 Å². The molecule has 1 aromatic carbocycles. The Kier molecular flexibility index (Phi) is 6.55. The van der Waals surface area contributed by atoms with Crippen molar-refractivity contribution in [3.63, 3.8) is 0 Å². The van der Waals surface area contributed by atoms with E-state index in [9.17, 15) is 4.79 Å². The van der Waals surface area contributed by atoms with Gasteiger partial charge in [-0.2, -0.15) is 0 Å². The van der Waals surface area contributed by atoms with Gasteiger partial charge in [-0.05, 0) is 36.4 Å². The van der Waals surface area contributed by atoms with Gasteiger partial charge in [0.1, 0.15) is 11.1 Å². The number of methoxy groups -OCH3 is 3. The van der Waals surface area contributed by atoms with Crippen LogP contribution in [0.15, 0.2) is 23.6 Å². The van der Waals surface area contributed by atoms with E-state index >= 15 is 0 Å². The highest BCUT2D eigenvalue weighted by molar-refractivity contribution is 7.99. The third-order valence-corrected chi connectivity index (χ3v) is 7.07. The van der Waals surface area contributed by atoms with Crippen LogP contribution in [0.25, 0.3) is 0 Å². The molecule has 1 aromatic heterocycles. The second kappa shape index (κ2) is 8.89. The number of carbonyl (C=O) groups is 1. The quantitative estimate of drug-likeness (QED) is 0.685. The Bertz CT molecular complexity index is 805. The van der Waals surface area contributed by atoms with E-state index in [2.05, 4.69) is 18.4 Å². The predicted molar refractivity (Wildman–Crippen MR) is 110 cm³/mol. The Labute approximate surface area is 168 Å². The largest absolute Gasteiger partial charge is 0.496 e. The van der Waals surface area contributed by atoms with Crippen molar-refractivity contribution in [2.75, 3.05) is 33.6 Å². The number of benzene rings is 1. The summed E-state index contributed by atoms with van der Waals surface area (Å²) in [6, 6.07) is 5.85. The standard InChI is InChI=1S/C20H25NO4S2/c1-13-7-9-26-18(13)5-6-19(22)21-8-10-27-20(21)14-11-16(24-3)17(25-4)12-15(14)23-2/h7,9,11-12,20H,5-6,8,10H2,1-4H3. The molecule has 3 rings (SSSR count). The highest BCUT2D eigenvalue weighted by Crippen LogP contribution is 2.46. The first kappa shape index (κ1) is 19.9. The van der Waals surface area contributed by atoms with Gasteiger partial charge in [-0.1, -0.05) is 0 Å². The van der Waals surface area contributed by atoms with Crippen LogP contribution in [-0.4, -0.2) is 44.4 Å². The minimum Gasteiger partial charge on any atom is -0.496 e. The van der Waals surface area contributed by atoms with Crippen LogP contribution < -0.4 is 14.2 Å². The molecule has 146 valence electrons. The number of rotatable bonds is 7. The van der Waals surface area contributed by atoms with Gasteiger partial charge >= 0.3 is 0 Å². The maximum atomic E-state index is 12.9. The summed E-state index contributed by atoms with van der Waals surface area (Å²) in [5.74, 6) is 3.05. The summed E-state index contributed by atoms with van der Waals surface area (Å²) in [5.41, 5.74) is 2.21. The second-order valence-corrected chi connectivity index (χ2v) is 8.47. The van der Waals surface area contributed by atoms with Crippen molar-refractivity contribution in [3.05, 3.63) is 39.6 Å². The molecule has 5 nitrogen and oxygen atoms in total. The Balaban J connectivity index is 1.81. The molecule has 2 aromatic rings. The average Bonchev–Trinajstić information content (AvgIpc) is 3.33. The van der Waals surface area contributed by atoms with Crippen molar-refractivity contribution >= 4 is 29.0 Å². The number of hydrogen-bond donors (Lipinski definition) is 0. The molecule has 7 heteroatoms. The first-order valence-electron chi connectivity index (χ1n) is 8.83. The molecule has 1 unspecified atom stereocenters. The molecule has 1 saturated heterocycles. The lowest BCUT2D eigenvalue weighted by molar-refractivity contribution is -0.131. The van der Waals surface area contributed by atoms with E-state index in [1.54, 1.807) is 44.4 Å². The summed E-state index contributed by atoms with van der Waals surface area (Å²) >= 11 is 3.47. The number of hydrogen-bond acceptors (Lipinski definition) is 6. The third-order valence-electron chi connectivity index (χ3n) is 4.75. The lowest BCUT2D eigenvalue weighted by atomic mass is 10.1. The predicted octanol–water partition coefficient (Wildman–Crippen LogP) is 4.29. The van der Waals surface area contributed by atoms with Crippen molar-refractivity contribution < 1.29 is 19.0 Å². The molecule has 0 radical (unpaired) electrons. The monoisotopic (exact) mass is 407 g/mol. The third kappa shape index (κ3) is 4.19. The lowest BCUT2D eigenvalue weighted by Gasteiger charge is -2.26. The van der Waals surface area contributed by atoms with Gasteiger partial charge in [-0.3, -0.25) is 4.79 Å². The van der Waals surface area contributed by atoms with E-state index in [-0.39, 0.29) is 11.3 Å². The van der Waals surface area contributed by atoms with E-state index in [1.165, 1.54) is 10.4 Å². The minimum absolute atomic E-state index is 0.0725. The van der Waals surface area contributed by atoms with E-state index in [0.29, 0.717) is 23.7 Å². The average molecular weight is 408 g/mol. The molecule has 2 heterocycles. The van der Waals surface area contributed by atoms with Gasteiger partial charge in [0.05, 0.1) is 21.3 Å². The topological polar surface area (TPSA) is 48.0 Å². The zero-order valence-corrected chi connectivity index (χ0v) is 17.7. The molecule has 27 heavy (non-hydrogen) atoms. The van der Waals surface area contributed by atoms with Crippen molar-refractivity contribution in [1.82, 2.24) is 4.90 Å². The molecular weight excluding hydrogens is 382 g/mol. The molecule has 0 aliphatic carbocycles. The normalized spacial score (nSPS) is 16.4. The fourth-order valence-corrected chi connectivity index (χ4v) is 5.46. The number of carbonyl (C=O) groups excluding carboxylic acids is 1. The maximum absolute atomic E-state index is 12.9. The Morgan fingerprint density at radius 1 is 1.15 bits per heavy atom. The molecule has 1 atom stereocenters. The van der Waals surface area contributed by atoms with Gasteiger partial charge in [0.2, 0.25) is 5.91 Å². The molecule has 1 aliphatic rings. The Morgan fingerprint density at radius 2 is 1.85 bits per heavy atom. The van der Waals surface area contributed by atoms with E-state index in [0.717, 1.165) is 24.3 Å². The van der Waals surface area contributed by atoms with E-state index < -0.39 is 0 Å². The SMILES string of the molecule is COc1cc(OC)c(C2SCCN2C(=O)CCc2sccc2C)cc1OC. The summed E-state index contributed by atoms with van der Waals surface area (Å²) in [7, 11) is 4.85. The number of amides is 1. The van der Waals surface area contributed by atoms with Crippen LogP contribution in [0.2, 0.25) is 0 Å². The van der Waals surface area contributed by atoms with Crippen LogP contribution in [-0.2, 0) is 11.2 Å². The Hall–Kier alpha value is -1.86. The minimum atomic E-state index is -0.0725. The molecule has 0 N–H and O–H groups in total. The summed E-state index contributed by atoms with van der Waals surface area (Å²) in [6.45, 7) is 2.84. The first-order chi connectivity index (χ1) is 13.1. The highest BCUT2D eigenvalue weighted by Gasteiger charge is 2.33. The summed E-state index contributed by atoms with van der Waals surface area (Å²) in [4.78, 5) is 16.2. The first-order valence-corrected chi connectivity index (χ1v) is 10.8. The van der Waals surface area contributed by atoms with E-state index in [1.807, 2.05) is 17.0 Å². The Morgan fingerprint density at radius 3 is 2.48 bits per heavy atom. The van der Waals surface area contributed by atoms with Gasteiger partial charge < -0.3 is 19.1 Å². The lowest BCUT2D eigenvalue weighted by Crippen LogP contribution is -2.30. The smallest absolute Gasteiger partial charge is 0.224 e. The van der Waals surface area contributed by atoms with Gasteiger partial charge in [-0.15, -0.1) is 23.1 Å². The number of nitrogens with zero attached hydrogens (tertiary/aromatic N) is 1. The number of ether oxygens (including phenoxy) is 3. The number of thioether (sulfide) groups is 1. The van der Waals surface area contributed by atoms with Crippen LogP contribution in [0.5, 0.6) is 17.2 Å². The zero-order valence-electron chi connectivity index (χ0n) is 16.1. The fourth-order valence-electron chi connectivity index (χ4n) is 3.25.